The Hall–Kier alpha value is -1.66. The molecular weight excluding hydrogens is 288 g/mol. The first kappa shape index (κ1) is 17.4. The van der Waals surface area contributed by atoms with E-state index in [1.807, 2.05) is 31.2 Å². The third-order valence-corrected chi connectivity index (χ3v) is 2.86. The molecule has 0 aromatic heterocycles. The molecule has 1 aromatic carbocycles. The molecule has 0 aliphatic rings. The van der Waals surface area contributed by atoms with Crippen molar-refractivity contribution >= 4 is 28.9 Å². The molecule has 21 heavy (non-hydrogen) atoms. The van der Waals surface area contributed by atoms with Crippen LogP contribution in [0.1, 0.15) is 26.2 Å². The average Bonchev–Trinajstić information content (AvgIpc) is 2.45. The second-order valence-corrected chi connectivity index (χ2v) is 4.88. The highest BCUT2D eigenvalue weighted by Crippen LogP contribution is 2.17. The number of methoxy groups -OCH3 is 1. The number of nitrogens with one attached hydrogen (secondary N) is 2. The Morgan fingerprint density at radius 1 is 1.33 bits per heavy atom. The molecule has 1 rings (SSSR count). The largest absolute Gasteiger partial charge is 0.491 e. The lowest BCUT2D eigenvalue weighted by molar-refractivity contribution is -0.119. The molecule has 0 atom stereocenters. The van der Waals surface area contributed by atoms with Crippen molar-refractivity contribution in [2.75, 3.05) is 25.6 Å². The molecule has 2 N–H and O–H groups in total. The Balaban J connectivity index is 2.44. The first-order valence-corrected chi connectivity index (χ1v) is 7.39. The van der Waals surface area contributed by atoms with E-state index in [0.29, 0.717) is 24.7 Å². The van der Waals surface area contributed by atoms with Gasteiger partial charge in [0, 0.05) is 25.3 Å². The molecule has 0 saturated heterocycles. The van der Waals surface area contributed by atoms with Crippen LogP contribution < -0.4 is 15.4 Å². The molecule has 0 fully saturated rings. The number of anilines is 1. The quantitative estimate of drug-likeness (QED) is 0.571. The lowest BCUT2D eigenvalue weighted by atomic mass is 10.2. The van der Waals surface area contributed by atoms with Crippen molar-refractivity contribution in [1.82, 2.24) is 5.32 Å². The predicted molar refractivity (Wildman–Crippen MR) is 87.7 cm³/mol. The Morgan fingerprint density at radius 2 is 2.14 bits per heavy atom. The zero-order chi connectivity index (χ0) is 15.5. The normalized spacial score (nSPS) is 10.0. The molecule has 0 unspecified atom stereocenters. The number of hydrogen-bond donors (Lipinski definition) is 2. The summed E-state index contributed by atoms with van der Waals surface area (Å²) in [4.78, 5) is 11.6. The van der Waals surface area contributed by atoms with Gasteiger partial charge in [-0.05, 0) is 30.8 Å². The molecule has 1 aromatic rings. The van der Waals surface area contributed by atoms with Gasteiger partial charge in [-0.2, -0.15) is 0 Å². The number of amides is 1. The first-order chi connectivity index (χ1) is 10.2. The second-order valence-electron chi connectivity index (χ2n) is 4.47. The van der Waals surface area contributed by atoms with Gasteiger partial charge in [0.25, 0.3) is 0 Å². The average molecular weight is 310 g/mol. The molecule has 0 heterocycles. The van der Waals surface area contributed by atoms with E-state index in [9.17, 15) is 4.79 Å². The standard InChI is InChI=1S/C15H22N2O3S/c1-3-4-8-14(18)17-15(21)16-12-6-5-7-13(11-12)20-10-9-19-2/h5-7,11H,3-4,8-10H2,1-2H3,(H2,16,17,18,21). The number of benzene rings is 1. The molecule has 0 saturated carbocycles. The summed E-state index contributed by atoms with van der Waals surface area (Å²) >= 11 is 5.11. The summed E-state index contributed by atoms with van der Waals surface area (Å²) in [5.41, 5.74) is 0.769. The van der Waals surface area contributed by atoms with E-state index in [1.54, 1.807) is 7.11 Å². The van der Waals surface area contributed by atoms with Crippen LogP contribution in [0.15, 0.2) is 24.3 Å². The predicted octanol–water partition coefficient (Wildman–Crippen LogP) is 2.72. The van der Waals surface area contributed by atoms with Crippen molar-refractivity contribution in [2.45, 2.75) is 26.2 Å². The van der Waals surface area contributed by atoms with Crippen molar-refractivity contribution in [2.24, 2.45) is 0 Å². The Kier molecular flexibility index (Phi) is 8.38. The highest BCUT2D eigenvalue weighted by Gasteiger charge is 2.04. The molecule has 0 aliphatic heterocycles. The molecule has 6 heteroatoms. The summed E-state index contributed by atoms with van der Waals surface area (Å²) in [5.74, 6) is 0.652. The summed E-state index contributed by atoms with van der Waals surface area (Å²) in [5, 5.41) is 5.92. The van der Waals surface area contributed by atoms with Crippen LogP contribution in [-0.2, 0) is 9.53 Å². The Morgan fingerprint density at radius 3 is 2.86 bits per heavy atom. The van der Waals surface area contributed by atoms with Crippen LogP contribution in [0.25, 0.3) is 0 Å². The number of thiocarbonyl (C=S) groups is 1. The number of ether oxygens (including phenoxy) is 2. The summed E-state index contributed by atoms with van der Waals surface area (Å²) < 4.78 is 10.4. The van der Waals surface area contributed by atoms with Gasteiger partial charge in [-0.3, -0.25) is 4.79 Å². The van der Waals surface area contributed by atoms with E-state index in [1.165, 1.54) is 0 Å². The fourth-order valence-electron chi connectivity index (χ4n) is 1.60. The van der Waals surface area contributed by atoms with Crippen molar-refractivity contribution in [3.63, 3.8) is 0 Å². The van der Waals surface area contributed by atoms with Crippen LogP contribution in [0.2, 0.25) is 0 Å². The smallest absolute Gasteiger partial charge is 0.226 e. The van der Waals surface area contributed by atoms with Gasteiger partial charge < -0.3 is 20.1 Å². The van der Waals surface area contributed by atoms with E-state index in [0.717, 1.165) is 24.3 Å². The third kappa shape index (κ3) is 7.63. The van der Waals surface area contributed by atoms with Gasteiger partial charge in [0.15, 0.2) is 5.11 Å². The molecule has 0 aliphatic carbocycles. The van der Waals surface area contributed by atoms with Gasteiger partial charge in [-0.25, -0.2) is 0 Å². The SMILES string of the molecule is CCCCC(=O)NC(=S)Nc1cccc(OCCOC)c1. The third-order valence-electron chi connectivity index (χ3n) is 2.66. The summed E-state index contributed by atoms with van der Waals surface area (Å²) in [6.45, 7) is 3.06. The second kappa shape index (κ2) is 10.1. The number of hydrogen-bond acceptors (Lipinski definition) is 4. The molecule has 116 valence electrons. The first-order valence-electron chi connectivity index (χ1n) is 6.98. The maximum Gasteiger partial charge on any atom is 0.226 e. The minimum atomic E-state index is -0.0677. The van der Waals surface area contributed by atoms with Crippen LogP contribution in [0.3, 0.4) is 0 Å². The van der Waals surface area contributed by atoms with Crippen molar-refractivity contribution in [3.05, 3.63) is 24.3 Å². The summed E-state index contributed by atoms with van der Waals surface area (Å²) in [6, 6.07) is 7.38. The number of unbranched alkanes of at least 4 members (excludes halogenated alkanes) is 1. The highest BCUT2D eigenvalue weighted by atomic mass is 32.1. The number of rotatable bonds is 8. The van der Waals surface area contributed by atoms with Crippen LogP contribution in [0.5, 0.6) is 5.75 Å². The zero-order valence-electron chi connectivity index (χ0n) is 12.5. The fraction of sp³-hybridized carbons (Fsp3) is 0.467. The van der Waals surface area contributed by atoms with Gasteiger partial charge in [0.2, 0.25) is 5.91 Å². The topological polar surface area (TPSA) is 59.6 Å². The summed E-state index contributed by atoms with van der Waals surface area (Å²) in [6.07, 6.45) is 2.32. The van der Waals surface area contributed by atoms with E-state index in [2.05, 4.69) is 10.6 Å². The van der Waals surface area contributed by atoms with Gasteiger partial charge >= 0.3 is 0 Å². The lowest BCUT2D eigenvalue weighted by Crippen LogP contribution is -2.33. The van der Waals surface area contributed by atoms with E-state index in [4.69, 9.17) is 21.7 Å². The van der Waals surface area contributed by atoms with Crippen molar-refractivity contribution < 1.29 is 14.3 Å². The Labute approximate surface area is 131 Å². The minimum absolute atomic E-state index is 0.0677. The van der Waals surface area contributed by atoms with E-state index < -0.39 is 0 Å². The fourth-order valence-corrected chi connectivity index (χ4v) is 1.83. The van der Waals surface area contributed by atoms with Gasteiger partial charge in [0.1, 0.15) is 12.4 Å². The van der Waals surface area contributed by atoms with Gasteiger partial charge in [0.05, 0.1) is 6.61 Å². The molecule has 0 radical (unpaired) electrons. The molecule has 0 bridgehead atoms. The van der Waals surface area contributed by atoms with Gasteiger partial charge in [-0.1, -0.05) is 19.4 Å². The van der Waals surface area contributed by atoms with Crippen LogP contribution in [0, 0.1) is 0 Å². The monoisotopic (exact) mass is 310 g/mol. The maximum atomic E-state index is 11.6. The lowest BCUT2D eigenvalue weighted by Gasteiger charge is -2.11. The highest BCUT2D eigenvalue weighted by molar-refractivity contribution is 7.80. The maximum absolute atomic E-state index is 11.6. The number of carbonyl (C=O) groups excluding carboxylic acids is 1. The molecule has 1 amide bonds. The number of carbonyl (C=O) groups is 1. The molecular formula is C15H22N2O3S. The van der Waals surface area contributed by atoms with Crippen molar-refractivity contribution in [1.29, 1.82) is 0 Å². The van der Waals surface area contributed by atoms with Crippen LogP contribution in [-0.4, -0.2) is 31.3 Å². The minimum Gasteiger partial charge on any atom is -0.491 e. The van der Waals surface area contributed by atoms with Crippen molar-refractivity contribution in [3.8, 4) is 5.75 Å². The van der Waals surface area contributed by atoms with E-state index in [-0.39, 0.29) is 5.91 Å². The van der Waals surface area contributed by atoms with Crippen LogP contribution >= 0.6 is 12.2 Å². The Bertz CT molecular complexity index is 466. The summed E-state index contributed by atoms with van der Waals surface area (Å²) in [7, 11) is 1.63. The van der Waals surface area contributed by atoms with Crippen LogP contribution in [0.4, 0.5) is 5.69 Å². The molecule has 0 spiro atoms. The van der Waals surface area contributed by atoms with E-state index >= 15 is 0 Å². The molecule has 5 nitrogen and oxygen atoms in total. The zero-order valence-corrected chi connectivity index (χ0v) is 13.3. The van der Waals surface area contributed by atoms with Gasteiger partial charge in [-0.15, -0.1) is 0 Å².